The normalized spacial score (nSPS) is 24.6. The molecule has 1 spiro atoms. The minimum atomic E-state index is -0.741. The van der Waals surface area contributed by atoms with Crippen LogP contribution in [0.3, 0.4) is 0 Å². The van der Waals surface area contributed by atoms with Crippen molar-refractivity contribution in [3.8, 4) is 0 Å². The predicted molar refractivity (Wildman–Crippen MR) is 90.8 cm³/mol. The summed E-state index contributed by atoms with van der Waals surface area (Å²) in [7, 11) is 0. The van der Waals surface area contributed by atoms with Crippen molar-refractivity contribution in [3.05, 3.63) is 41.0 Å². The third kappa shape index (κ3) is 3.20. The molecule has 0 bridgehead atoms. The Morgan fingerprint density at radius 1 is 1.28 bits per heavy atom. The fourth-order valence-electron chi connectivity index (χ4n) is 3.18. The van der Waals surface area contributed by atoms with Gasteiger partial charge < -0.3 is 23.7 Å². The Bertz CT molecular complexity index is 745. The van der Waals surface area contributed by atoms with Crippen molar-refractivity contribution in [1.29, 1.82) is 0 Å². The molecule has 0 N–H and O–H groups in total. The summed E-state index contributed by atoms with van der Waals surface area (Å²) in [4.78, 5) is 29.1. The molecule has 8 heteroatoms. The molecule has 2 fully saturated rings. The van der Waals surface area contributed by atoms with Crippen LogP contribution in [0.4, 0.5) is 5.69 Å². The first-order chi connectivity index (χ1) is 12.2. The molecule has 4 rings (SSSR count). The number of morpholine rings is 1. The van der Waals surface area contributed by atoms with Gasteiger partial charge in [-0.1, -0.05) is 6.07 Å². The molecule has 2 saturated heterocycles. The van der Waals surface area contributed by atoms with Crippen molar-refractivity contribution in [1.82, 2.24) is 4.90 Å². The molecule has 1 unspecified atom stereocenters. The highest BCUT2D eigenvalue weighted by Gasteiger charge is 2.44. The number of thiophene rings is 1. The van der Waals surface area contributed by atoms with Gasteiger partial charge in [0.15, 0.2) is 0 Å². The second kappa shape index (κ2) is 6.62. The number of carbonyl (C=O) groups excluding carboxylic acids is 2. The standard InChI is InChI=1S/C17H18N2O5S/c20-15-9-24-17(11-19(15)13-3-5-22-8-13)10-18(4-6-23-12-17)16(21)14-2-1-7-25-14/h1-3,5,7-8H,4,6,9-12H2. The van der Waals surface area contributed by atoms with Gasteiger partial charge in [0.1, 0.15) is 18.5 Å². The first kappa shape index (κ1) is 16.3. The zero-order valence-electron chi connectivity index (χ0n) is 13.6. The smallest absolute Gasteiger partial charge is 0.264 e. The van der Waals surface area contributed by atoms with E-state index < -0.39 is 5.60 Å². The van der Waals surface area contributed by atoms with Crippen LogP contribution in [-0.4, -0.2) is 61.8 Å². The molecule has 2 aliphatic heterocycles. The Morgan fingerprint density at radius 2 is 2.20 bits per heavy atom. The number of rotatable bonds is 2. The molecule has 2 aromatic rings. The molecule has 25 heavy (non-hydrogen) atoms. The minimum absolute atomic E-state index is 0.0322. The third-order valence-corrected chi connectivity index (χ3v) is 5.29. The molecule has 4 heterocycles. The number of nitrogens with zero attached hydrogens (tertiary/aromatic N) is 2. The summed E-state index contributed by atoms with van der Waals surface area (Å²) in [5.41, 5.74) is -0.0535. The number of ether oxygens (including phenoxy) is 2. The molecule has 0 aromatic carbocycles. The maximum Gasteiger partial charge on any atom is 0.264 e. The first-order valence-corrected chi connectivity index (χ1v) is 8.92. The number of furan rings is 1. The van der Waals surface area contributed by atoms with E-state index >= 15 is 0 Å². The molecule has 2 amide bonds. The Morgan fingerprint density at radius 3 is 2.96 bits per heavy atom. The molecular weight excluding hydrogens is 344 g/mol. The van der Waals surface area contributed by atoms with Gasteiger partial charge in [-0.05, 0) is 11.4 Å². The highest BCUT2D eigenvalue weighted by atomic mass is 32.1. The van der Waals surface area contributed by atoms with Gasteiger partial charge in [-0.3, -0.25) is 9.59 Å². The summed E-state index contributed by atoms with van der Waals surface area (Å²) in [6.07, 6.45) is 3.06. The fourth-order valence-corrected chi connectivity index (χ4v) is 3.87. The van der Waals surface area contributed by atoms with Crippen LogP contribution in [0.5, 0.6) is 0 Å². The lowest BCUT2D eigenvalue weighted by molar-refractivity contribution is -0.145. The van der Waals surface area contributed by atoms with Crippen LogP contribution in [0.2, 0.25) is 0 Å². The van der Waals surface area contributed by atoms with Crippen molar-refractivity contribution in [2.45, 2.75) is 5.60 Å². The van der Waals surface area contributed by atoms with Crippen LogP contribution >= 0.6 is 11.3 Å². The zero-order chi connectivity index (χ0) is 17.3. The highest BCUT2D eigenvalue weighted by molar-refractivity contribution is 7.12. The summed E-state index contributed by atoms with van der Waals surface area (Å²) in [5, 5.41) is 1.88. The highest BCUT2D eigenvalue weighted by Crippen LogP contribution is 2.28. The van der Waals surface area contributed by atoms with Gasteiger partial charge in [0.25, 0.3) is 11.8 Å². The molecule has 0 radical (unpaired) electrons. The minimum Gasteiger partial charge on any atom is -0.470 e. The average molecular weight is 362 g/mol. The number of anilines is 1. The number of carbonyl (C=O) groups is 2. The Labute approximate surface area is 148 Å². The van der Waals surface area contributed by atoms with Crippen LogP contribution in [0, 0.1) is 0 Å². The zero-order valence-corrected chi connectivity index (χ0v) is 14.4. The van der Waals surface area contributed by atoms with E-state index in [0.29, 0.717) is 43.4 Å². The molecule has 2 aromatic heterocycles. The molecule has 132 valence electrons. The lowest BCUT2D eigenvalue weighted by atomic mass is 10.0. The summed E-state index contributed by atoms with van der Waals surface area (Å²) in [6.45, 7) is 1.94. The Hall–Kier alpha value is -2.16. The van der Waals surface area contributed by atoms with Crippen molar-refractivity contribution in [2.75, 3.05) is 44.4 Å². The van der Waals surface area contributed by atoms with Crippen LogP contribution < -0.4 is 4.90 Å². The van der Waals surface area contributed by atoms with Crippen LogP contribution in [-0.2, 0) is 14.3 Å². The van der Waals surface area contributed by atoms with Gasteiger partial charge in [0.2, 0.25) is 0 Å². The van der Waals surface area contributed by atoms with Gasteiger partial charge >= 0.3 is 0 Å². The van der Waals surface area contributed by atoms with E-state index in [1.54, 1.807) is 15.9 Å². The van der Waals surface area contributed by atoms with E-state index in [9.17, 15) is 9.59 Å². The van der Waals surface area contributed by atoms with E-state index in [0.717, 1.165) is 0 Å². The maximum absolute atomic E-state index is 12.7. The number of hydrogen-bond acceptors (Lipinski definition) is 6. The average Bonchev–Trinajstić information content (AvgIpc) is 3.30. The molecule has 2 aliphatic rings. The summed E-state index contributed by atoms with van der Waals surface area (Å²) in [5.74, 6) is -0.164. The van der Waals surface area contributed by atoms with Gasteiger partial charge in [-0.2, -0.15) is 0 Å². The summed E-state index contributed by atoms with van der Waals surface area (Å²) in [6, 6.07) is 5.41. The largest absolute Gasteiger partial charge is 0.470 e. The van der Waals surface area contributed by atoms with Gasteiger partial charge in [-0.15, -0.1) is 11.3 Å². The van der Waals surface area contributed by atoms with Crippen molar-refractivity contribution >= 4 is 28.8 Å². The Balaban J connectivity index is 1.57. The van der Waals surface area contributed by atoms with Crippen LogP contribution in [0.15, 0.2) is 40.5 Å². The van der Waals surface area contributed by atoms with Gasteiger partial charge in [-0.25, -0.2) is 0 Å². The number of hydrogen-bond donors (Lipinski definition) is 0. The van der Waals surface area contributed by atoms with Crippen LogP contribution in [0.1, 0.15) is 9.67 Å². The molecule has 0 saturated carbocycles. The second-order valence-corrected chi connectivity index (χ2v) is 7.14. The van der Waals surface area contributed by atoms with Crippen LogP contribution in [0.25, 0.3) is 0 Å². The molecular formula is C17H18N2O5S. The van der Waals surface area contributed by atoms with Crippen molar-refractivity contribution in [2.24, 2.45) is 0 Å². The molecule has 0 aliphatic carbocycles. The topological polar surface area (TPSA) is 72.2 Å². The van der Waals surface area contributed by atoms with Gasteiger partial charge in [0.05, 0.1) is 43.1 Å². The summed E-state index contributed by atoms with van der Waals surface area (Å²) >= 11 is 1.42. The summed E-state index contributed by atoms with van der Waals surface area (Å²) < 4.78 is 16.7. The maximum atomic E-state index is 12.7. The third-order valence-electron chi connectivity index (χ3n) is 4.44. The van der Waals surface area contributed by atoms with Gasteiger partial charge in [0, 0.05) is 12.6 Å². The van der Waals surface area contributed by atoms with E-state index in [4.69, 9.17) is 13.9 Å². The quantitative estimate of drug-likeness (QED) is 0.812. The lowest BCUT2D eigenvalue weighted by Gasteiger charge is -2.42. The fraction of sp³-hybridized carbons (Fsp3) is 0.412. The first-order valence-electron chi connectivity index (χ1n) is 8.04. The number of amides is 2. The predicted octanol–water partition coefficient (Wildman–Crippen LogP) is 1.62. The van der Waals surface area contributed by atoms with E-state index in [1.807, 2.05) is 17.5 Å². The molecule has 1 atom stereocenters. The van der Waals surface area contributed by atoms with Crippen molar-refractivity contribution in [3.63, 3.8) is 0 Å². The monoisotopic (exact) mass is 362 g/mol. The SMILES string of the molecule is O=C(c1cccs1)N1CCOCC2(C1)CN(c1ccoc1)C(=O)CO2. The Kier molecular flexibility index (Phi) is 4.32. The van der Waals surface area contributed by atoms with E-state index in [1.165, 1.54) is 23.9 Å². The van der Waals surface area contributed by atoms with E-state index in [-0.39, 0.29) is 18.4 Å². The van der Waals surface area contributed by atoms with Crippen molar-refractivity contribution < 1.29 is 23.5 Å². The lowest BCUT2D eigenvalue weighted by Crippen LogP contribution is -2.61. The molecule has 7 nitrogen and oxygen atoms in total. The second-order valence-electron chi connectivity index (χ2n) is 6.19. The van der Waals surface area contributed by atoms with E-state index in [2.05, 4.69) is 0 Å².